The van der Waals surface area contributed by atoms with Crippen LogP contribution in [0.3, 0.4) is 0 Å². The van der Waals surface area contributed by atoms with Crippen molar-refractivity contribution in [2.24, 2.45) is 5.73 Å². The second kappa shape index (κ2) is 6.70. The maximum absolute atomic E-state index is 13.1. The average Bonchev–Trinajstić information content (AvgIpc) is 2.50. The molecule has 0 radical (unpaired) electrons. The molecule has 1 amide bonds. The van der Waals surface area contributed by atoms with Gasteiger partial charge in [0.2, 0.25) is 5.91 Å². The highest BCUT2D eigenvalue weighted by Crippen LogP contribution is 2.28. The summed E-state index contributed by atoms with van der Waals surface area (Å²) in [6, 6.07) is 12.9. The van der Waals surface area contributed by atoms with Gasteiger partial charge in [-0.1, -0.05) is 35.9 Å². The van der Waals surface area contributed by atoms with Crippen molar-refractivity contribution in [2.75, 3.05) is 13.6 Å². The van der Waals surface area contributed by atoms with Crippen molar-refractivity contribution in [2.45, 2.75) is 6.04 Å². The third kappa shape index (κ3) is 3.60. The molecule has 21 heavy (non-hydrogen) atoms. The lowest BCUT2D eigenvalue weighted by Gasteiger charge is -2.29. The van der Waals surface area contributed by atoms with Gasteiger partial charge in [0.15, 0.2) is 0 Å². The molecule has 0 aliphatic carbocycles. The van der Waals surface area contributed by atoms with Gasteiger partial charge in [-0.05, 0) is 35.4 Å². The molecular formula is C16H16ClFN2O. The third-order valence-corrected chi connectivity index (χ3v) is 3.58. The molecule has 0 aromatic heterocycles. The fourth-order valence-electron chi connectivity index (χ4n) is 2.22. The number of hydrogen-bond acceptors (Lipinski definition) is 2. The molecule has 2 N–H and O–H groups in total. The normalized spacial score (nSPS) is 12.0. The van der Waals surface area contributed by atoms with Crippen LogP contribution >= 0.6 is 11.6 Å². The monoisotopic (exact) mass is 306 g/mol. The van der Waals surface area contributed by atoms with Crippen molar-refractivity contribution in [3.05, 3.63) is 70.5 Å². The number of halogens is 2. The van der Waals surface area contributed by atoms with Crippen molar-refractivity contribution >= 4 is 17.5 Å². The molecule has 2 aromatic carbocycles. The number of carbonyl (C=O) groups excluding carboxylic acids is 1. The summed E-state index contributed by atoms with van der Waals surface area (Å²) in [5.74, 6) is -0.513. The summed E-state index contributed by atoms with van der Waals surface area (Å²) in [6.45, 7) is -0.0816. The molecule has 2 rings (SSSR count). The Balaban J connectivity index is 2.45. The Morgan fingerprint density at radius 1 is 1.14 bits per heavy atom. The van der Waals surface area contributed by atoms with Crippen LogP contribution in [0.1, 0.15) is 17.2 Å². The zero-order chi connectivity index (χ0) is 15.4. The lowest BCUT2D eigenvalue weighted by Crippen LogP contribution is -2.36. The molecule has 1 unspecified atom stereocenters. The summed E-state index contributed by atoms with van der Waals surface area (Å²) >= 11 is 5.90. The summed E-state index contributed by atoms with van der Waals surface area (Å²) in [5.41, 5.74) is 7.14. The second-order valence-electron chi connectivity index (χ2n) is 4.71. The van der Waals surface area contributed by atoms with Gasteiger partial charge in [0.25, 0.3) is 0 Å². The quantitative estimate of drug-likeness (QED) is 0.944. The van der Waals surface area contributed by atoms with E-state index in [-0.39, 0.29) is 24.3 Å². The van der Waals surface area contributed by atoms with Crippen molar-refractivity contribution in [3.63, 3.8) is 0 Å². The first-order valence-corrected chi connectivity index (χ1v) is 6.87. The Labute approximate surface area is 128 Å². The number of nitrogens with zero attached hydrogens (tertiary/aromatic N) is 1. The van der Waals surface area contributed by atoms with E-state index in [0.29, 0.717) is 5.02 Å². The topological polar surface area (TPSA) is 46.3 Å². The minimum Gasteiger partial charge on any atom is -0.334 e. The molecule has 110 valence electrons. The minimum absolute atomic E-state index is 0.0816. The maximum atomic E-state index is 13.1. The van der Waals surface area contributed by atoms with Gasteiger partial charge >= 0.3 is 0 Å². The summed E-state index contributed by atoms with van der Waals surface area (Å²) in [6.07, 6.45) is 0. The van der Waals surface area contributed by atoms with Crippen LogP contribution in [-0.4, -0.2) is 24.4 Å². The molecule has 0 saturated heterocycles. The summed E-state index contributed by atoms with van der Waals surface area (Å²) in [5, 5.41) is 0.615. The van der Waals surface area contributed by atoms with Gasteiger partial charge in [0.1, 0.15) is 5.82 Å². The largest absolute Gasteiger partial charge is 0.334 e. The molecule has 0 saturated carbocycles. The predicted molar refractivity (Wildman–Crippen MR) is 81.5 cm³/mol. The number of likely N-dealkylation sites (N-methyl/N-ethyl adjacent to an activating group) is 1. The number of hydrogen-bond donors (Lipinski definition) is 1. The smallest absolute Gasteiger partial charge is 0.236 e. The number of benzene rings is 2. The van der Waals surface area contributed by atoms with Crippen LogP contribution in [0.25, 0.3) is 0 Å². The van der Waals surface area contributed by atoms with E-state index in [0.717, 1.165) is 11.1 Å². The first-order chi connectivity index (χ1) is 10.0. The van der Waals surface area contributed by atoms with Gasteiger partial charge in [0, 0.05) is 12.1 Å². The highest BCUT2D eigenvalue weighted by atomic mass is 35.5. The third-order valence-electron chi connectivity index (χ3n) is 3.33. The molecule has 3 nitrogen and oxygen atoms in total. The minimum atomic E-state index is -0.334. The van der Waals surface area contributed by atoms with Gasteiger partial charge in [-0.2, -0.15) is 0 Å². The second-order valence-corrected chi connectivity index (χ2v) is 5.15. The Hall–Kier alpha value is -1.91. The first-order valence-electron chi connectivity index (χ1n) is 6.49. The molecule has 0 spiro atoms. The highest BCUT2D eigenvalue weighted by Gasteiger charge is 2.22. The van der Waals surface area contributed by atoms with E-state index < -0.39 is 0 Å². The van der Waals surface area contributed by atoms with Crippen LogP contribution in [0.15, 0.2) is 48.5 Å². The van der Waals surface area contributed by atoms with Gasteiger partial charge in [-0.15, -0.1) is 0 Å². The lowest BCUT2D eigenvalue weighted by atomic mass is 9.97. The molecule has 2 aromatic rings. The molecule has 0 bridgehead atoms. The number of carbonyl (C=O) groups is 1. The van der Waals surface area contributed by atoms with Crippen LogP contribution < -0.4 is 5.73 Å². The molecule has 5 heteroatoms. The summed E-state index contributed by atoms with van der Waals surface area (Å²) in [4.78, 5) is 13.5. The molecule has 0 aliphatic heterocycles. The molecule has 0 fully saturated rings. The number of rotatable bonds is 4. The van der Waals surface area contributed by atoms with Crippen LogP contribution in [0.5, 0.6) is 0 Å². The molecular weight excluding hydrogens is 291 g/mol. The first kappa shape index (κ1) is 15.5. The van der Waals surface area contributed by atoms with Crippen LogP contribution in [0.4, 0.5) is 4.39 Å². The average molecular weight is 307 g/mol. The summed E-state index contributed by atoms with van der Waals surface area (Å²) < 4.78 is 13.1. The Kier molecular flexibility index (Phi) is 4.94. The number of nitrogens with two attached hydrogens (primary N) is 1. The van der Waals surface area contributed by atoms with Crippen molar-refractivity contribution in [1.29, 1.82) is 0 Å². The van der Waals surface area contributed by atoms with Crippen molar-refractivity contribution in [1.82, 2.24) is 4.90 Å². The standard InChI is InChI=1S/C16H16ClFN2O/c1-20(15(21)10-19)16(11-2-6-13(17)7-3-11)12-4-8-14(18)9-5-12/h2-9,16H,10,19H2,1H3. The fraction of sp³-hybridized carbons (Fsp3) is 0.188. The van der Waals surface area contributed by atoms with E-state index in [1.807, 2.05) is 12.1 Å². The van der Waals surface area contributed by atoms with Crippen LogP contribution in [0.2, 0.25) is 5.02 Å². The van der Waals surface area contributed by atoms with Crippen molar-refractivity contribution in [3.8, 4) is 0 Å². The SMILES string of the molecule is CN(C(=O)CN)C(c1ccc(F)cc1)c1ccc(Cl)cc1. The van der Waals surface area contributed by atoms with Gasteiger partial charge < -0.3 is 10.6 Å². The summed E-state index contributed by atoms with van der Waals surface area (Å²) in [7, 11) is 1.68. The zero-order valence-corrected chi connectivity index (χ0v) is 12.3. The molecule has 0 aliphatic rings. The molecule has 0 heterocycles. The zero-order valence-electron chi connectivity index (χ0n) is 11.6. The van der Waals surface area contributed by atoms with Crippen molar-refractivity contribution < 1.29 is 9.18 Å². The van der Waals surface area contributed by atoms with Gasteiger partial charge in [-0.3, -0.25) is 4.79 Å². The van der Waals surface area contributed by atoms with E-state index in [4.69, 9.17) is 17.3 Å². The van der Waals surface area contributed by atoms with Crippen LogP contribution in [0, 0.1) is 5.82 Å². The van der Waals surface area contributed by atoms with E-state index in [1.165, 1.54) is 12.1 Å². The van der Waals surface area contributed by atoms with Gasteiger partial charge in [0.05, 0.1) is 12.6 Å². The van der Waals surface area contributed by atoms with E-state index in [2.05, 4.69) is 0 Å². The van der Waals surface area contributed by atoms with Gasteiger partial charge in [-0.25, -0.2) is 4.39 Å². The van der Waals surface area contributed by atoms with E-state index in [1.54, 1.807) is 36.2 Å². The Morgan fingerprint density at radius 2 is 1.62 bits per heavy atom. The Morgan fingerprint density at radius 3 is 2.10 bits per heavy atom. The van der Waals surface area contributed by atoms with E-state index >= 15 is 0 Å². The Bertz CT molecular complexity index is 568. The predicted octanol–water partition coefficient (Wildman–Crippen LogP) is 2.99. The number of amides is 1. The molecule has 1 atom stereocenters. The fourth-order valence-corrected chi connectivity index (χ4v) is 2.34. The lowest BCUT2D eigenvalue weighted by molar-refractivity contribution is -0.129. The van der Waals surface area contributed by atoms with E-state index in [9.17, 15) is 9.18 Å². The highest BCUT2D eigenvalue weighted by molar-refractivity contribution is 6.30. The van der Waals surface area contributed by atoms with Crippen LogP contribution in [-0.2, 0) is 4.79 Å². The maximum Gasteiger partial charge on any atom is 0.236 e.